The van der Waals surface area contributed by atoms with Crippen LogP contribution in [0.4, 0.5) is 0 Å². The molecule has 2 heterocycles. The molecule has 2 saturated heterocycles. The molecule has 8 nitrogen and oxygen atoms in total. The number of nitriles is 1. The van der Waals surface area contributed by atoms with Gasteiger partial charge in [-0.1, -0.05) is 12.1 Å². The van der Waals surface area contributed by atoms with Gasteiger partial charge < -0.3 is 14.2 Å². The Bertz CT molecular complexity index is 812. The molecular weight excluding hydrogens is 406 g/mol. The van der Waals surface area contributed by atoms with Crippen LogP contribution >= 0.6 is 0 Å². The summed E-state index contributed by atoms with van der Waals surface area (Å²) in [4.78, 5) is 4.82. The fraction of sp³-hybridized carbons (Fsp3) is 0.667. The van der Waals surface area contributed by atoms with E-state index in [0.29, 0.717) is 32.8 Å². The lowest BCUT2D eigenvalue weighted by Gasteiger charge is -2.45. The molecule has 1 aromatic rings. The Morgan fingerprint density at radius 1 is 1.07 bits per heavy atom. The van der Waals surface area contributed by atoms with Gasteiger partial charge >= 0.3 is 0 Å². The second kappa shape index (κ2) is 11.2. The Kier molecular flexibility index (Phi) is 8.62. The van der Waals surface area contributed by atoms with Crippen LogP contribution < -0.4 is 0 Å². The highest BCUT2D eigenvalue weighted by atomic mass is 32.2. The van der Waals surface area contributed by atoms with Crippen molar-refractivity contribution in [1.29, 1.82) is 5.26 Å². The van der Waals surface area contributed by atoms with E-state index < -0.39 is 9.84 Å². The van der Waals surface area contributed by atoms with Gasteiger partial charge in [0.05, 0.1) is 48.2 Å². The Balaban J connectivity index is 1.42. The molecule has 0 aliphatic carbocycles. The average molecular weight is 438 g/mol. The van der Waals surface area contributed by atoms with Gasteiger partial charge in [0, 0.05) is 39.8 Å². The van der Waals surface area contributed by atoms with Gasteiger partial charge in [0.1, 0.15) is 6.07 Å². The molecule has 0 amide bonds. The minimum atomic E-state index is -3.46. The SMILES string of the molecule is COCCOCCN1CC2CN(CCCS(=O)(=O)c3ccccc3C#N)CC(C1)O2. The van der Waals surface area contributed by atoms with E-state index in [1.54, 1.807) is 25.3 Å². The maximum atomic E-state index is 12.6. The lowest BCUT2D eigenvalue weighted by atomic mass is 10.1. The van der Waals surface area contributed by atoms with Crippen molar-refractivity contribution in [3.05, 3.63) is 29.8 Å². The molecule has 2 bridgehead atoms. The molecule has 9 heteroatoms. The van der Waals surface area contributed by atoms with Crippen LogP contribution in [0.15, 0.2) is 29.2 Å². The lowest BCUT2D eigenvalue weighted by molar-refractivity contribution is -0.140. The number of nitrogens with zero attached hydrogens (tertiary/aromatic N) is 3. The van der Waals surface area contributed by atoms with Crippen LogP contribution in [-0.4, -0.2) is 102 Å². The first-order valence-electron chi connectivity index (χ1n) is 10.4. The Labute approximate surface area is 179 Å². The fourth-order valence-electron chi connectivity index (χ4n) is 4.08. The first kappa shape index (κ1) is 23.1. The van der Waals surface area contributed by atoms with E-state index in [0.717, 1.165) is 32.7 Å². The standard InChI is InChI=1S/C21H31N3O5S/c1-27-10-11-28-9-8-24-16-19-14-23(15-20(17-24)29-19)7-4-12-30(25,26)21-6-3-2-5-18(21)13-22/h2-3,5-6,19-20H,4,7-12,14-17H2,1H3. The third-order valence-electron chi connectivity index (χ3n) is 5.45. The molecule has 3 rings (SSSR count). The molecule has 166 valence electrons. The van der Waals surface area contributed by atoms with Crippen LogP contribution in [0, 0.1) is 11.3 Å². The zero-order chi connectivity index (χ0) is 21.4. The van der Waals surface area contributed by atoms with E-state index in [9.17, 15) is 8.42 Å². The van der Waals surface area contributed by atoms with Gasteiger partial charge in [-0.15, -0.1) is 0 Å². The van der Waals surface area contributed by atoms with E-state index >= 15 is 0 Å². The second-order valence-electron chi connectivity index (χ2n) is 7.78. The molecule has 0 aromatic heterocycles. The number of fused-ring (bicyclic) bond motifs is 2. The number of hydrogen-bond donors (Lipinski definition) is 0. The third kappa shape index (κ3) is 6.48. The molecule has 2 aliphatic rings. The van der Waals surface area contributed by atoms with Gasteiger partial charge in [-0.3, -0.25) is 9.80 Å². The number of ether oxygens (including phenoxy) is 3. The molecular formula is C21H31N3O5S. The van der Waals surface area contributed by atoms with Crippen LogP contribution in [0.3, 0.4) is 0 Å². The number of benzene rings is 1. The van der Waals surface area contributed by atoms with E-state index in [4.69, 9.17) is 19.5 Å². The van der Waals surface area contributed by atoms with Crippen molar-refractivity contribution in [3.63, 3.8) is 0 Å². The molecule has 30 heavy (non-hydrogen) atoms. The maximum absolute atomic E-state index is 12.6. The summed E-state index contributed by atoms with van der Waals surface area (Å²) in [7, 11) is -1.79. The van der Waals surface area contributed by atoms with Crippen LogP contribution in [0.25, 0.3) is 0 Å². The van der Waals surface area contributed by atoms with Crippen molar-refractivity contribution in [1.82, 2.24) is 9.80 Å². The summed E-state index contributed by atoms with van der Waals surface area (Å²) in [5.74, 6) is 0.0450. The highest BCUT2D eigenvalue weighted by molar-refractivity contribution is 7.91. The zero-order valence-electron chi connectivity index (χ0n) is 17.5. The molecule has 0 saturated carbocycles. The minimum absolute atomic E-state index is 0.0450. The minimum Gasteiger partial charge on any atom is -0.382 e. The molecule has 0 radical (unpaired) electrons. The van der Waals surface area contributed by atoms with Crippen molar-refractivity contribution in [2.24, 2.45) is 0 Å². The van der Waals surface area contributed by atoms with Gasteiger partial charge in [-0.2, -0.15) is 5.26 Å². The number of methoxy groups -OCH3 is 1. The molecule has 0 spiro atoms. The largest absolute Gasteiger partial charge is 0.382 e. The van der Waals surface area contributed by atoms with Crippen molar-refractivity contribution < 1.29 is 22.6 Å². The Morgan fingerprint density at radius 3 is 2.40 bits per heavy atom. The van der Waals surface area contributed by atoms with Crippen LogP contribution in [0.1, 0.15) is 12.0 Å². The van der Waals surface area contributed by atoms with Crippen molar-refractivity contribution in [3.8, 4) is 6.07 Å². The first-order chi connectivity index (χ1) is 14.5. The predicted octanol–water partition coefficient (Wildman–Crippen LogP) is 0.770. The van der Waals surface area contributed by atoms with E-state index in [-0.39, 0.29) is 28.4 Å². The predicted molar refractivity (Wildman–Crippen MR) is 112 cm³/mol. The number of rotatable bonds is 11. The number of sulfone groups is 1. The summed E-state index contributed by atoms with van der Waals surface area (Å²) >= 11 is 0. The molecule has 1 aromatic carbocycles. The van der Waals surface area contributed by atoms with E-state index in [2.05, 4.69) is 9.80 Å². The van der Waals surface area contributed by atoms with Crippen molar-refractivity contribution in [2.45, 2.75) is 23.5 Å². The Morgan fingerprint density at radius 2 is 1.73 bits per heavy atom. The van der Waals surface area contributed by atoms with E-state index in [1.165, 1.54) is 6.07 Å². The first-order valence-corrected chi connectivity index (χ1v) is 12.1. The smallest absolute Gasteiger partial charge is 0.179 e. The maximum Gasteiger partial charge on any atom is 0.179 e. The van der Waals surface area contributed by atoms with Crippen molar-refractivity contribution >= 4 is 9.84 Å². The summed E-state index contributed by atoms with van der Waals surface area (Å²) in [6.45, 7) is 6.88. The Hall–Kier alpha value is -1.54. The quantitative estimate of drug-likeness (QED) is 0.469. The highest BCUT2D eigenvalue weighted by Crippen LogP contribution is 2.20. The summed E-state index contributed by atoms with van der Waals surface area (Å²) in [6.07, 6.45) is 0.832. The van der Waals surface area contributed by atoms with Gasteiger partial charge in [0.2, 0.25) is 0 Å². The summed E-state index contributed by atoms with van der Waals surface area (Å²) < 4.78 is 41.9. The third-order valence-corrected chi connectivity index (χ3v) is 7.30. The summed E-state index contributed by atoms with van der Waals surface area (Å²) in [6, 6.07) is 8.37. The van der Waals surface area contributed by atoms with Crippen LogP contribution in [-0.2, 0) is 24.0 Å². The lowest BCUT2D eigenvalue weighted by Crippen LogP contribution is -2.59. The average Bonchev–Trinajstić information content (AvgIpc) is 2.73. The highest BCUT2D eigenvalue weighted by Gasteiger charge is 2.34. The van der Waals surface area contributed by atoms with Gasteiger partial charge in [0.25, 0.3) is 0 Å². The topological polar surface area (TPSA) is 92.1 Å². The summed E-state index contributed by atoms with van der Waals surface area (Å²) in [5.41, 5.74) is 0.213. The number of morpholine rings is 2. The van der Waals surface area contributed by atoms with Crippen molar-refractivity contribution in [2.75, 3.05) is 72.0 Å². The molecule has 2 fully saturated rings. The normalized spacial score (nSPS) is 22.7. The monoisotopic (exact) mass is 437 g/mol. The van der Waals surface area contributed by atoms with Crippen LogP contribution in [0.5, 0.6) is 0 Å². The molecule has 2 unspecified atom stereocenters. The second-order valence-corrected chi connectivity index (χ2v) is 9.86. The molecule has 2 atom stereocenters. The molecule has 2 aliphatic heterocycles. The van der Waals surface area contributed by atoms with Gasteiger partial charge in [-0.25, -0.2) is 8.42 Å². The fourth-order valence-corrected chi connectivity index (χ4v) is 5.55. The van der Waals surface area contributed by atoms with Gasteiger partial charge in [0.15, 0.2) is 9.84 Å². The summed E-state index contributed by atoms with van der Waals surface area (Å²) in [5, 5.41) is 9.16. The van der Waals surface area contributed by atoms with Crippen LogP contribution in [0.2, 0.25) is 0 Å². The van der Waals surface area contributed by atoms with Gasteiger partial charge in [-0.05, 0) is 25.1 Å². The number of hydrogen-bond acceptors (Lipinski definition) is 8. The molecule has 0 N–H and O–H groups in total. The van der Waals surface area contributed by atoms with E-state index in [1.807, 2.05) is 6.07 Å². The zero-order valence-corrected chi connectivity index (χ0v) is 18.3.